The Labute approximate surface area is 93.7 Å². The molecule has 0 aromatic heterocycles. The molecule has 16 heavy (non-hydrogen) atoms. The number of ketones is 1. The number of hydrogen-bond acceptors (Lipinski definition) is 2. The largest absolute Gasteiger partial charge is 0.494 e. The molecule has 0 bridgehead atoms. The lowest BCUT2D eigenvalue weighted by molar-refractivity contribution is -0.114. The molecule has 1 aromatic carbocycles. The summed E-state index contributed by atoms with van der Waals surface area (Å²) in [6, 6.07) is 5.07. The number of ether oxygens (including phenoxy) is 1. The standard InChI is InChI=1S/C13H13FO2/c1-16-12-4-2-3-10(13(12)14)7-9-5-6-11(15)8-9/h2-4,8H,5-7H2,1H3. The Bertz CT molecular complexity index is 449. The first-order valence-corrected chi connectivity index (χ1v) is 5.24. The normalized spacial score (nSPS) is 15.1. The molecule has 1 aromatic rings. The highest BCUT2D eigenvalue weighted by Gasteiger charge is 2.15. The van der Waals surface area contributed by atoms with Gasteiger partial charge in [0.2, 0.25) is 0 Å². The predicted octanol–water partition coefficient (Wildman–Crippen LogP) is 2.67. The maximum absolute atomic E-state index is 13.8. The van der Waals surface area contributed by atoms with Gasteiger partial charge in [0.15, 0.2) is 17.3 Å². The van der Waals surface area contributed by atoms with E-state index < -0.39 is 0 Å². The molecule has 0 saturated heterocycles. The topological polar surface area (TPSA) is 26.3 Å². The maximum Gasteiger partial charge on any atom is 0.168 e. The van der Waals surface area contributed by atoms with Crippen molar-refractivity contribution in [3.05, 3.63) is 41.2 Å². The Balaban J connectivity index is 2.22. The highest BCUT2D eigenvalue weighted by atomic mass is 19.1. The Morgan fingerprint density at radius 2 is 2.19 bits per heavy atom. The zero-order valence-electron chi connectivity index (χ0n) is 9.13. The van der Waals surface area contributed by atoms with Crippen molar-refractivity contribution in [1.82, 2.24) is 0 Å². The van der Waals surface area contributed by atoms with Crippen LogP contribution in [0.15, 0.2) is 29.8 Å². The van der Waals surface area contributed by atoms with Crippen LogP contribution in [0.25, 0.3) is 0 Å². The van der Waals surface area contributed by atoms with Gasteiger partial charge in [-0.15, -0.1) is 0 Å². The van der Waals surface area contributed by atoms with Gasteiger partial charge in [0.25, 0.3) is 0 Å². The van der Waals surface area contributed by atoms with Crippen LogP contribution in [0.5, 0.6) is 5.75 Å². The van der Waals surface area contributed by atoms with E-state index in [1.165, 1.54) is 7.11 Å². The highest BCUT2D eigenvalue weighted by Crippen LogP contribution is 2.25. The van der Waals surface area contributed by atoms with E-state index in [4.69, 9.17) is 4.74 Å². The summed E-state index contributed by atoms with van der Waals surface area (Å²) in [5.74, 6) is 0.0611. The van der Waals surface area contributed by atoms with E-state index >= 15 is 0 Å². The smallest absolute Gasteiger partial charge is 0.168 e. The van der Waals surface area contributed by atoms with Crippen molar-refractivity contribution in [2.75, 3.05) is 7.11 Å². The zero-order chi connectivity index (χ0) is 11.5. The lowest BCUT2D eigenvalue weighted by atomic mass is 10.0. The number of carbonyl (C=O) groups is 1. The Hall–Kier alpha value is -1.64. The summed E-state index contributed by atoms with van der Waals surface area (Å²) in [5.41, 5.74) is 1.58. The van der Waals surface area contributed by atoms with Crippen LogP contribution >= 0.6 is 0 Å². The Kier molecular flexibility index (Phi) is 3.04. The van der Waals surface area contributed by atoms with Crippen molar-refractivity contribution in [2.45, 2.75) is 19.3 Å². The molecule has 0 unspecified atom stereocenters. The van der Waals surface area contributed by atoms with Gasteiger partial charge in [-0.3, -0.25) is 4.79 Å². The fourth-order valence-corrected chi connectivity index (χ4v) is 1.89. The third-order valence-corrected chi connectivity index (χ3v) is 2.74. The average molecular weight is 220 g/mol. The molecule has 0 spiro atoms. The van der Waals surface area contributed by atoms with E-state index in [0.29, 0.717) is 18.4 Å². The van der Waals surface area contributed by atoms with Gasteiger partial charge in [0.1, 0.15) is 0 Å². The molecule has 0 amide bonds. The Morgan fingerprint density at radius 1 is 1.38 bits per heavy atom. The summed E-state index contributed by atoms with van der Waals surface area (Å²) >= 11 is 0. The lowest BCUT2D eigenvalue weighted by Gasteiger charge is -2.07. The second-order valence-electron chi connectivity index (χ2n) is 3.88. The van der Waals surface area contributed by atoms with Crippen LogP contribution in [0, 0.1) is 5.82 Å². The third-order valence-electron chi connectivity index (χ3n) is 2.74. The van der Waals surface area contributed by atoms with Crippen LogP contribution in [-0.4, -0.2) is 12.9 Å². The molecule has 0 radical (unpaired) electrons. The van der Waals surface area contributed by atoms with Gasteiger partial charge in [0.05, 0.1) is 7.11 Å². The average Bonchev–Trinajstić information content (AvgIpc) is 2.67. The molecule has 0 N–H and O–H groups in total. The van der Waals surface area contributed by atoms with Gasteiger partial charge in [0, 0.05) is 6.42 Å². The van der Waals surface area contributed by atoms with Crippen LogP contribution in [0.2, 0.25) is 0 Å². The van der Waals surface area contributed by atoms with Crippen molar-refractivity contribution >= 4 is 5.78 Å². The van der Waals surface area contributed by atoms with Gasteiger partial charge in [-0.25, -0.2) is 4.39 Å². The molecule has 0 heterocycles. The molecule has 1 aliphatic rings. The number of benzene rings is 1. The predicted molar refractivity (Wildman–Crippen MR) is 59.0 cm³/mol. The minimum absolute atomic E-state index is 0.137. The van der Waals surface area contributed by atoms with Crippen LogP contribution < -0.4 is 4.74 Å². The monoisotopic (exact) mass is 220 g/mol. The maximum atomic E-state index is 13.8. The molecule has 0 fully saturated rings. The van der Waals surface area contributed by atoms with Crippen molar-refractivity contribution < 1.29 is 13.9 Å². The van der Waals surface area contributed by atoms with Crippen molar-refractivity contribution in [1.29, 1.82) is 0 Å². The van der Waals surface area contributed by atoms with Crippen LogP contribution in [0.4, 0.5) is 4.39 Å². The highest BCUT2D eigenvalue weighted by molar-refractivity contribution is 5.93. The van der Waals surface area contributed by atoms with Crippen LogP contribution in [0.3, 0.4) is 0 Å². The molecule has 3 heteroatoms. The first kappa shape index (κ1) is 10.9. The zero-order valence-corrected chi connectivity index (χ0v) is 9.13. The molecule has 0 atom stereocenters. The number of methoxy groups -OCH3 is 1. The summed E-state index contributed by atoms with van der Waals surface area (Å²) in [4.78, 5) is 11.1. The first-order valence-electron chi connectivity index (χ1n) is 5.24. The SMILES string of the molecule is COc1cccc(CC2=CC(=O)CC2)c1F. The summed E-state index contributed by atoms with van der Waals surface area (Å²) in [6.45, 7) is 0. The second kappa shape index (κ2) is 4.47. The number of allylic oxidation sites excluding steroid dienone is 2. The summed E-state index contributed by atoms with van der Waals surface area (Å²) < 4.78 is 18.7. The summed E-state index contributed by atoms with van der Waals surface area (Å²) in [5, 5.41) is 0. The van der Waals surface area contributed by atoms with E-state index in [0.717, 1.165) is 12.0 Å². The van der Waals surface area contributed by atoms with E-state index in [9.17, 15) is 9.18 Å². The van der Waals surface area contributed by atoms with E-state index in [2.05, 4.69) is 0 Å². The minimum Gasteiger partial charge on any atom is -0.494 e. The number of hydrogen-bond donors (Lipinski definition) is 0. The molecule has 0 saturated carbocycles. The number of carbonyl (C=O) groups excluding carboxylic acids is 1. The van der Waals surface area contributed by atoms with Crippen molar-refractivity contribution in [3.63, 3.8) is 0 Å². The molecular weight excluding hydrogens is 207 g/mol. The van der Waals surface area contributed by atoms with Crippen LogP contribution in [-0.2, 0) is 11.2 Å². The molecular formula is C13H13FO2. The minimum atomic E-state index is -0.328. The van der Waals surface area contributed by atoms with Crippen molar-refractivity contribution in [3.8, 4) is 5.75 Å². The number of rotatable bonds is 3. The third kappa shape index (κ3) is 2.13. The van der Waals surface area contributed by atoms with Gasteiger partial charge >= 0.3 is 0 Å². The fourth-order valence-electron chi connectivity index (χ4n) is 1.89. The number of halogens is 1. The second-order valence-corrected chi connectivity index (χ2v) is 3.88. The van der Waals surface area contributed by atoms with Gasteiger partial charge in [-0.2, -0.15) is 0 Å². The molecule has 0 aliphatic heterocycles. The quantitative estimate of drug-likeness (QED) is 0.782. The summed E-state index contributed by atoms with van der Waals surface area (Å²) in [7, 11) is 1.44. The van der Waals surface area contributed by atoms with Gasteiger partial charge in [-0.1, -0.05) is 17.7 Å². The van der Waals surface area contributed by atoms with Crippen molar-refractivity contribution in [2.24, 2.45) is 0 Å². The van der Waals surface area contributed by atoms with Gasteiger partial charge < -0.3 is 4.74 Å². The molecule has 1 aliphatic carbocycles. The first-order chi connectivity index (χ1) is 7.70. The Morgan fingerprint density at radius 3 is 2.81 bits per heavy atom. The van der Waals surface area contributed by atoms with Crippen LogP contribution in [0.1, 0.15) is 18.4 Å². The molecule has 84 valence electrons. The fraction of sp³-hybridized carbons (Fsp3) is 0.308. The van der Waals surface area contributed by atoms with E-state index in [1.54, 1.807) is 24.3 Å². The van der Waals surface area contributed by atoms with E-state index in [-0.39, 0.29) is 17.3 Å². The molecule has 2 rings (SSSR count). The summed E-state index contributed by atoms with van der Waals surface area (Å²) in [6.07, 6.45) is 3.42. The molecule has 2 nitrogen and oxygen atoms in total. The lowest BCUT2D eigenvalue weighted by Crippen LogP contribution is -1.96. The van der Waals surface area contributed by atoms with E-state index in [1.807, 2.05) is 0 Å². The van der Waals surface area contributed by atoms with Gasteiger partial charge in [-0.05, 0) is 30.5 Å².